The van der Waals surface area contributed by atoms with Crippen molar-refractivity contribution in [3.63, 3.8) is 0 Å². The fourth-order valence-corrected chi connectivity index (χ4v) is 2.68. The Labute approximate surface area is 123 Å². The predicted octanol–water partition coefficient (Wildman–Crippen LogP) is 3.43. The molecule has 5 heteroatoms. The first kappa shape index (κ1) is 13.3. The highest BCUT2D eigenvalue weighted by atomic mass is 35.5. The summed E-state index contributed by atoms with van der Waals surface area (Å²) in [7, 11) is 0. The number of nitrogens with zero attached hydrogens (tertiary/aromatic N) is 4. The summed E-state index contributed by atoms with van der Waals surface area (Å²) in [6.07, 6.45) is 4.16. The number of halogens is 1. The van der Waals surface area contributed by atoms with E-state index in [1.807, 2.05) is 24.3 Å². The van der Waals surface area contributed by atoms with Crippen LogP contribution in [0.4, 0.5) is 5.95 Å². The Bertz CT molecular complexity index is 585. The summed E-state index contributed by atoms with van der Waals surface area (Å²) in [6, 6.07) is 7.63. The van der Waals surface area contributed by atoms with Gasteiger partial charge in [-0.2, -0.15) is 5.10 Å². The zero-order valence-electron chi connectivity index (χ0n) is 11.5. The Morgan fingerprint density at radius 1 is 1.25 bits per heavy atom. The van der Waals surface area contributed by atoms with Crippen LogP contribution in [0, 0.1) is 5.92 Å². The molecule has 0 N–H and O–H groups in total. The molecule has 0 amide bonds. The SMILES string of the molecule is C[C@H]1CCCN(c2nncc(-c3ccc(Cl)cc3)n2)C1. The Hall–Kier alpha value is -1.68. The van der Waals surface area contributed by atoms with Crippen molar-refractivity contribution in [1.82, 2.24) is 15.2 Å². The Kier molecular flexibility index (Phi) is 3.83. The van der Waals surface area contributed by atoms with E-state index in [4.69, 9.17) is 11.6 Å². The minimum atomic E-state index is 0.687. The van der Waals surface area contributed by atoms with Gasteiger partial charge in [-0.3, -0.25) is 0 Å². The first-order chi connectivity index (χ1) is 9.72. The zero-order chi connectivity index (χ0) is 13.9. The fraction of sp³-hybridized carbons (Fsp3) is 0.400. The molecule has 3 rings (SSSR count). The van der Waals surface area contributed by atoms with Crippen LogP contribution in [0.2, 0.25) is 5.02 Å². The van der Waals surface area contributed by atoms with Gasteiger partial charge in [0.2, 0.25) is 5.95 Å². The Balaban J connectivity index is 1.87. The quantitative estimate of drug-likeness (QED) is 0.849. The third-order valence-corrected chi connectivity index (χ3v) is 3.88. The van der Waals surface area contributed by atoms with E-state index >= 15 is 0 Å². The van der Waals surface area contributed by atoms with Crippen molar-refractivity contribution in [3.8, 4) is 11.3 Å². The maximum Gasteiger partial charge on any atom is 0.245 e. The van der Waals surface area contributed by atoms with Crippen LogP contribution in [-0.2, 0) is 0 Å². The second-order valence-electron chi connectivity index (χ2n) is 5.34. The van der Waals surface area contributed by atoms with E-state index in [1.165, 1.54) is 12.8 Å². The van der Waals surface area contributed by atoms with Gasteiger partial charge in [0.1, 0.15) is 0 Å². The summed E-state index contributed by atoms with van der Waals surface area (Å²) in [5.74, 6) is 1.41. The molecule has 0 bridgehead atoms. The molecular formula is C15H17ClN4. The van der Waals surface area contributed by atoms with E-state index in [-0.39, 0.29) is 0 Å². The van der Waals surface area contributed by atoms with Crippen LogP contribution in [0.25, 0.3) is 11.3 Å². The van der Waals surface area contributed by atoms with Crippen LogP contribution in [0.3, 0.4) is 0 Å². The lowest BCUT2D eigenvalue weighted by atomic mass is 10.0. The second-order valence-corrected chi connectivity index (χ2v) is 5.78. The number of hydrogen-bond donors (Lipinski definition) is 0. The minimum absolute atomic E-state index is 0.687. The van der Waals surface area contributed by atoms with Crippen molar-refractivity contribution in [1.29, 1.82) is 0 Å². The van der Waals surface area contributed by atoms with Crippen molar-refractivity contribution >= 4 is 17.5 Å². The van der Waals surface area contributed by atoms with Crippen LogP contribution in [0.5, 0.6) is 0 Å². The van der Waals surface area contributed by atoms with Gasteiger partial charge >= 0.3 is 0 Å². The molecule has 1 saturated heterocycles. The van der Waals surface area contributed by atoms with Crippen molar-refractivity contribution in [2.75, 3.05) is 18.0 Å². The molecule has 0 saturated carbocycles. The summed E-state index contributed by atoms with van der Waals surface area (Å²) >= 11 is 5.91. The number of anilines is 1. The summed E-state index contributed by atoms with van der Waals surface area (Å²) in [5, 5.41) is 9.00. The molecular weight excluding hydrogens is 272 g/mol. The maximum atomic E-state index is 5.91. The normalized spacial score (nSPS) is 19.1. The van der Waals surface area contributed by atoms with Crippen LogP contribution in [0.15, 0.2) is 30.5 Å². The van der Waals surface area contributed by atoms with Gasteiger partial charge in [0.15, 0.2) is 0 Å². The molecule has 0 radical (unpaired) electrons. The van der Waals surface area contributed by atoms with E-state index in [2.05, 4.69) is 27.0 Å². The molecule has 0 spiro atoms. The monoisotopic (exact) mass is 288 g/mol. The number of hydrogen-bond acceptors (Lipinski definition) is 4. The van der Waals surface area contributed by atoms with Crippen molar-refractivity contribution in [3.05, 3.63) is 35.5 Å². The summed E-state index contributed by atoms with van der Waals surface area (Å²) in [4.78, 5) is 6.86. The maximum absolute atomic E-state index is 5.91. The van der Waals surface area contributed by atoms with Crippen LogP contribution in [0.1, 0.15) is 19.8 Å². The van der Waals surface area contributed by atoms with Gasteiger partial charge < -0.3 is 4.90 Å². The summed E-state index contributed by atoms with van der Waals surface area (Å²) in [6.45, 7) is 4.28. The van der Waals surface area contributed by atoms with Gasteiger partial charge in [0.05, 0.1) is 11.9 Å². The molecule has 20 heavy (non-hydrogen) atoms. The van der Waals surface area contributed by atoms with E-state index in [9.17, 15) is 0 Å². The molecule has 1 fully saturated rings. The predicted molar refractivity (Wildman–Crippen MR) is 80.9 cm³/mol. The lowest BCUT2D eigenvalue weighted by molar-refractivity contribution is 0.441. The third-order valence-electron chi connectivity index (χ3n) is 3.63. The van der Waals surface area contributed by atoms with Crippen LogP contribution >= 0.6 is 11.6 Å². The first-order valence-electron chi connectivity index (χ1n) is 6.93. The zero-order valence-corrected chi connectivity index (χ0v) is 12.2. The molecule has 0 unspecified atom stereocenters. The highest BCUT2D eigenvalue weighted by Crippen LogP contribution is 2.23. The molecule has 1 aliphatic rings. The molecule has 104 valence electrons. The lowest BCUT2D eigenvalue weighted by Crippen LogP contribution is -2.35. The minimum Gasteiger partial charge on any atom is -0.339 e. The van der Waals surface area contributed by atoms with Gasteiger partial charge in [0.25, 0.3) is 0 Å². The number of aromatic nitrogens is 3. The Morgan fingerprint density at radius 3 is 2.80 bits per heavy atom. The van der Waals surface area contributed by atoms with E-state index in [0.29, 0.717) is 5.92 Å². The standard InChI is InChI=1S/C15H17ClN4/c1-11-3-2-8-20(10-11)15-18-14(9-17-19-15)12-4-6-13(16)7-5-12/h4-7,9,11H,2-3,8,10H2,1H3/t11-/m0/s1. The van der Waals surface area contributed by atoms with E-state index < -0.39 is 0 Å². The average Bonchev–Trinajstić information content (AvgIpc) is 2.48. The molecule has 1 aliphatic heterocycles. The number of benzene rings is 1. The Morgan fingerprint density at radius 2 is 2.05 bits per heavy atom. The van der Waals surface area contributed by atoms with Crippen molar-refractivity contribution < 1.29 is 0 Å². The van der Waals surface area contributed by atoms with Crippen LogP contribution in [-0.4, -0.2) is 28.3 Å². The lowest BCUT2D eigenvalue weighted by Gasteiger charge is -2.30. The molecule has 2 heterocycles. The highest BCUT2D eigenvalue weighted by Gasteiger charge is 2.19. The first-order valence-corrected chi connectivity index (χ1v) is 7.31. The van der Waals surface area contributed by atoms with E-state index in [0.717, 1.165) is 35.3 Å². The van der Waals surface area contributed by atoms with Gasteiger partial charge in [0, 0.05) is 23.7 Å². The number of rotatable bonds is 2. The molecule has 1 atom stereocenters. The van der Waals surface area contributed by atoms with Gasteiger partial charge in [-0.15, -0.1) is 5.10 Å². The largest absolute Gasteiger partial charge is 0.339 e. The topological polar surface area (TPSA) is 41.9 Å². The van der Waals surface area contributed by atoms with Crippen molar-refractivity contribution in [2.45, 2.75) is 19.8 Å². The van der Waals surface area contributed by atoms with Gasteiger partial charge in [-0.25, -0.2) is 4.98 Å². The second kappa shape index (κ2) is 5.75. The summed E-state index contributed by atoms with van der Waals surface area (Å²) < 4.78 is 0. The van der Waals surface area contributed by atoms with Gasteiger partial charge in [-0.05, 0) is 30.9 Å². The molecule has 4 nitrogen and oxygen atoms in total. The average molecular weight is 289 g/mol. The smallest absolute Gasteiger partial charge is 0.245 e. The highest BCUT2D eigenvalue weighted by molar-refractivity contribution is 6.30. The number of piperidine rings is 1. The third kappa shape index (κ3) is 2.90. The van der Waals surface area contributed by atoms with Crippen molar-refractivity contribution in [2.24, 2.45) is 5.92 Å². The van der Waals surface area contributed by atoms with E-state index in [1.54, 1.807) is 6.20 Å². The molecule has 0 aliphatic carbocycles. The molecule has 2 aromatic rings. The molecule has 1 aromatic heterocycles. The molecule has 1 aromatic carbocycles. The fourth-order valence-electron chi connectivity index (χ4n) is 2.56. The van der Waals surface area contributed by atoms with Crippen LogP contribution < -0.4 is 4.90 Å². The summed E-state index contributed by atoms with van der Waals surface area (Å²) in [5.41, 5.74) is 1.85. The van der Waals surface area contributed by atoms with Gasteiger partial charge in [-0.1, -0.05) is 30.7 Å².